The molecule has 0 fully saturated rings. The molecular formula is C7H18N4O4. The Bertz CT molecular complexity index is 167. The smallest absolute Gasteiger partial charge is 0.421 e. The molecule has 0 saturated carbocycles. The quantitative estimate of drug-likeness (QED) is 0.147. The summed E-state index contributed by atoms with van der Waals surface area (Å²) in [6.45, 7) is 1.97. The van der Waals surface area contributed by atoms with Gasteiger partial charge >= 0.3 is 6.09 Å². The molecule has 0 aromatic carbocycles. The lowest BCUT2D eigenvalue weighted by molar-refractivity contribution is -0.0779. The third kappa shape index (κ3) is 11.0. The van der Waals surface area contributed by atoms with Gasteiger partial charge in [-0.15, -0.1) is 0 Å². The van der Waals surface area contributed by atoms with Gasteiger partial charge in [-0.25, -0.2) is 10.2 Å². The fourth-order valence-corrected chi connectivity index (χ4v) is 0.699. The molecule has 0 aromatic heterocycles. The summed E-state index contributed by atoms with van der Waals surface area (Å²) in [7, 11) is 0. The van der Waals surface area contributed by atoms with Gasteiger partial charge < -0.3 is 26.0 Å². The van der Waals surface area contributed by atoms with E-state index < -0.39 is 19.0 Å². The number of nitrogens with one attached hydrogen (secondary N) is 3. The van der Waals surface area contributed by atoms with Gasteiger partial charge in [-0.05, 0) is 0 Å². The number of aliphatic hydroxyl groups excluding tert-OH is 1. The van der Waals surface area contributed by atoms with Crippen LogP contribution in [0.2, 0.25) is 0 Å². The SMILES string of the molecule is NCCNCCNNC(=O)OCC(O)O. The largest absolute Gasteiger partial charge is 0.443 e. The molecule has 0 rings (SSSR count). The van der Waals surface area contributed by atoms with E-state index in [2.05, 4.69) is 20.9 Å². The molecule has 0 bridgehead atoms. The fraction of sp³-hybridized carbons (Fsp3) is 0.857. The molecule has 0 aromatic rings. The minimum atomic E-state index is -1.65. The van der Waals surface area contributed by atoms with E-state index in [0.717, 1.165) is 0 Å². The normalized spacial score (nSPS) is 10.4. The Morgan fingerprint density at radius 3 is 2.67 bits per heavy atom. The van der Waals surface area contributed by atoms with E-state index in [-0.39, 0.29) is 0 Å². The van der Waals surface area contributed by atoms with Gasteiger partial charge in [-0.3, -0.25) is 5.43 Å². The highest BCUT2D eigenvalue weighted by atomic mass is 16.6. The molecular weight excluding hydrogens is 204 g/mol. The molecule has 1 amide bonds. The minimum Gasteiger partial charge on any atom is -0.443 e. The summed E-state index contributed by atoms with van der Waals surface area (Å²) in [6.07, 6.45) is -2.41. The molecule has 0 aliphatic rings. The zero-order valence-corrected chi connectivity index (χ0v) is 8.40. The van der Waals surface area contributed by atoms with Gasteiger partial charge in [0, 0.05) is 26.2 Å². The summed E-state index contributed by atoms with van der Waals surface area (Å²) in [5, 5.41) is 19.8. The molecule has 0 radical (unpaired) electrons. The molecule has 0 spiro atoms. The van der Waals surface area contributed by atoms with Crippen LogP contribution in [0.3, 0.4) is 0 Å². The first-order valence-electron chi connectivity index (χ1n) is 4.59. The van der Waals surface area contributed by atoms with E-state index in [0.29, 0.717) is 26.2 Å². The van der Waals surface area contributed by atoms with Gasteiger partial charge in [-0.2, -0.15) is 0 Å². The number of carbonyl (C=O) groups excluding carboxylic acids is 1. The van der Waals surface area contributed by atoms with Gasteiger partial charge in [-0.1, -0.05) is 0 Å². The molecule has 0 aliphatic heterocycles. The summed E-state index contributed by atoms with van der Waals surface area (Å²) in [5.74, 6) is 0. The predicted octanol–water partition coefficient (Wildman–Crippen LogP) is -2.92. The molecule has 0 unspecified atom stereocenters. The predicted molar refractivity (Wildman–Crippen MR) is 52.6 cm³/mol. The van der Waals surface area contributed by atoms with Crippen molar-refractivity contribution in [3.05, 3.63) is 0 Å². The maximum Gasteiger partial charge on any atom is 0.421 e. The van der Waals surface area contributed by atoms with E-state index in [9.17, 15) is 4.79 Å². The van der Waals surface area contributed by atoms with Crippen LogP contribution in [0.1, 0.15) is 0 Å². The number of amides is 1. The van der Waals surface area contributed by atoms with Crippen LogP contribution < -0.4 is 21.9 Å². The number of rotatable bonds is 8. The van der Waals surface area contributed by atoms with Crippen LogP contribution in [0.25, 0.3) is 0 Å². The number of hydrogen-bond acceptors (Lipinski definition) is 7. The monoisotopic (exact) mass is 222 g/mol. The zero-order chi connectivity index (χ0) is 11.5. The molecule has 0 atom stereocenters. The van der Waals surface area contributed by atoms with Crippen LogP contribution in [0.5, 0.6) is 0 Å². The summed E-state index contributed by atoms with van der Waals surface area (Å²) in [4.78, 5) is 10.8. The Kier molecular flexibility index (Phi) is 9.02. The average molecular weight is 222 g/mol. The summed E-state index contributed by atoms with van der Waals surface area (Å²) in [5.41, 5.74) is 10.0. The van der Waals surface area contributed by atoms with Gasteiger partial charge in [0.25, 0.3) is 0 Å². The minimum absolute atomic E-state index is 0.459. The van der Waals surface area contributed by atoms with Crippen LogP contribution >= 0.6 is 0 Å². The molecule has 90 valence electrons. The second-order valence-electron chi connectivity index (χ2n) is 2.67. The molecule has 0 saturated heterocycles. The third-order valence-corrected chi connectivity index (χ3v) is 1.30. The first-order chi connectivity index (χ1) is 7.16. The molecule has 0 aliphatic carbocycles. The van der Waals surface area contributed by atoms with Gasteiger partial charge in [0.2, 0.25) is 0 Å². The lowest BCUT2D eigenvalue weighted by Gasteiger charge is -2.09. The van der Waals surface area contributed by atoms with E-state index in [1.54, 1.807) is 0 Å². The van der Waals surface area contributed by atoms with Crippen LogP contribution in [-0.4, -0.2) is 55.4 Å². The highest BCUT2D eigenvalue weighted by molar-refractivity contribution is 5.66. The van der Waals surface area contributed by atoms with Gasteiger partial charge in [0.1, 0.15) is 6.61 Å². The van der Waals surface area contributed by atoms with E-state index in [1.165, 1.54) is 0 Å². The summed E-state index contributed by atoms with van der Waals surface area (Å²) < 4.78 is 4.38. The van der Waals surface area contributed by atoms with Crippen molar-refractivity contribution in [3.63, 3.8) is 0 Å². The Morgan fingerprint density at radius 2 is 2.07 bits per heavy atom. The van der Waals surface area contributed by atoms with Crippen molar-refractivity contribution < 1.29 is 19.7 Å². The van der Waals surface area contributed by atoms with E-state index in [1.807, 2.05) is 0 Å². The number of hydrogen-bond donors (Lipinski definition) is 6. The highest BCUT2D eigenvalue weighted by Crippen LogP contribution is 1.79. The summed E-state index contributed by atoms with van der Waals surface area (Å²) in [6, 6.07) is 0. The van der Waals surface area contributed by atoms with Crippen molar-refractivity contribution >= 4 is 6.09 Å². The maximum absolute atomic E-state index is 10.8. The topological polar surface area (TPSA) is 129 Å². The molecule has 15 heavy (non-hydrogen) atoms. The van der Waals surface area contributed by atoms with Crippen molar-refractivity contribution in [2.75, 3.05) is 32.8 Å². The standard InChI is InChI=1S/C7H18N4O4/c8-1-2-9-3-4-10-11-7(14)15-5-6(12)13/h6,9-10,12-13H,1-5,8H2,(H,11,14). The van der Waals surface area contributed by atoms with Crippen LogP contribution in [0.15, 0.2) is 0 Å². The Morgan fingerprint density at radius 1 is 1.33 bits per heavy atom. The molecule has 8 heteroatoms. The van der Waals surface area contributed by atoms with Crippen LogP contribution in [0.4, 0.5) is 4.79 Å². The number of hydrazine groups is 1. The highest BCUT2D eigenvalue weighted by Gasteiger charge is 2.03. The Balaban J connectivity index is 3.17. The van der Waals surface area contributed by atoms with Crippen molar-refractivity contribution in [2.45, 2.75) is 6.29 Å². The Labute approximate surface area is 87.8 Å². The first kappa shape index (κ1) is 14.1. The molecule has 8 nitrogen and oxygen atoms in total. The number of aliphatic hydroxyl groups is 2. The number of nitrogens with two attached hydrogens (primary N) is 1. The number of ether oxygens (including phenoxy) is 1. The van der Waals surface area contributed by atoms with Crippen molar-refractivity contribution in [2.24, 2.45) is 5.73 Å². The lowest BCUT2D eigenvalue weighted by atomic mass is 10.6. The average Bonchev–Trinajstić information content (AvgIpc) is 2.20. The van der Waals surface area contributed by atoms with Gasteiger partial charge in [0.05, 0.1) is 0 Å². The second kappa shape index (κ2) is 9.62. The maximum atomic E-state index is 10.8. The zero-order valence-electron chi connectivity index (χ0n) is 8.40. The number of carbonyl (C=O) groups is 1. The lowest BCUT2D eigenvalue weighted by Crippen LogP contribution is -2.42. The van der Waals surface area contributed by atoms with Crippen molar-refractivity contribution in [1.82, 2.24) is 16.2 Å². The van der Waals surface area contributed by atoms with Crippen molar-refractivity contribution in [3.8, 4) is 0 Å². The van der Waals surface area contributed by atoms with Crippen molar-refractivity contribution in [1.29, 1.82) is 0 Å². The van der Waals surface area contributed by atoms with Crippen LogP contribution in [-0.2, 0) is 4.74 Å². The fourth-order valence-electron chi connectivity index (χ4n) is 0.699. The van der Waals surface area contributed by atoms with Crippen LogP contribution in [0, 0.1) is 0 Å². The molecule has 0 heterocycles. The Hall–Kier alpha value is -0.930. The summed E-state index contributed by atoms with van der Waals surface area (Å²) >= 11 is 0. The van der Waals surface area contributed by atoms with E-state index in [4.69, 9.17) is 15.9 Å². The van der Waals surface area contributed by atoms with E-state index >= 15 is 0 Å². The third-order valence-electron chi connectivity index (χ3n) is 1.30. The molecule has 7 N–H and O–H groups in total. The second-order valence-corrected chi connectivity index (χ2v) is 2.67. The first-order valence-corrected chi connectivity index (χ1v) is 4.59. The van der Waals surface area contributed by atoms with Gasteiger partial charge in [0.15, 0.2) is 6.29 Å².